The Kier molecular flexibility index (Phi) is 11.9. The first kappa shape index (κ1) is 34.8. The summed E-state index contributed by atoms with van der Waals surface area (Å²) in [6, 6.07) is 27.8. The number of benzene rings is 4. The summed E-state index contributed by atoms with van der Waals surface area (Å²) in [6.45, 7) is -0.562. The number of para-hydroxylation sites is 1. The lowest BCUT2D eigenvalue weighted by molar-refractivity contribution is -0.140. The summed E-state index contributed by atoms with van der Waals surface area (Å²) in [5, 5.41) is 4.24. The highest BCUT2D eigenvalue weighted by Gasteiger charge is 2.35. The van der Waals surface area contributed by atoms with Crippen molar-refractivity contribution in [2.24, 2.45) is 0 Å². The number of nitrogens with one attached hydrogen (secondary N) is 1. The zero-order chi connectivity index (χ0) is 33.4. The minimum atomic E-state index is -4.22. The van der Waals surface area contributed by atoms with Crippen molar-refractivity contribution >= 4 is 62.3 Å². The molecular formula is C36H36Cl3N3O4S. The highest BCUT2D eigenvalue weighted by Crippen LogP contribution is 2.28. The van der Waals surface area contributed by atoms with Crippen molar-refractivity contribution < 1.29 is 18.0 Å². The van der Waals surface area contributed by atoms with Crippen molar-refractivity contribution in [3.05, 3.63) is 129 Å². The number of anilines is 1. The van der Waals surface area contributed by atoms with Crippen LogP contribution in [0.25, 0.3) is 0 Å². The number of rotatable bonds is 12. The maximum Gasteiger partial charge on any atom is 0.264 e. The maximum absolute atomic E-state index is 14.6. The van der Waals surface area contributed by atoms with Crippen molar-refractivity contribution in [1.29, 1.82) is 0 Å². The first-order valence-electron chi connectivity index (χ1n) is 15.5. The molecule has 5 rings (SSSR count). The molecule has 4 aromatic rings. The lowest BCUT2D eigenvalue weighted by atomic mass is 9.94. The van der Waals surface area contributed by atoms with E-state index in [2.05, 4.69) is 5.32 Å². The SMILES string of the molecule is O=C(NC1CCCCC1)C(Cc1ccccc1)N(Cc1ccc(Cl)c(Cl)c1)C(=O)CN(c1ccccc1)S(=O)(=O)c1ccc(Cl)cc1. The fourth-order valence-corrected chi connectivity index (χ4v) is 7.65. The Balaban J connectivity index is 1.56. The molecule has 246 valence electrons. The molecule has 11 heteroatoms. The summed E-state index contributed by atoms with van der Waals surface area (Å²) in [5.41, 5.74) is 1.80. The molecule has 2 amide bonds. The summed E-state index contributed by atoms with van der Waals surface area (Å²) in [6.07, 6.45) is 5.13. The molecule has 7 nitrogen and oxygen atoms in total. The fourth-order valence-electron chi connectivity index (χ4n) is 5.79. The van der Waals surface area contributed by atoms with Crippen molar-refractivity contribution in [3.63, 3.8) is 0 Å². The molecule has 0 saturated heterocycles. The van der Waals surface area contributed by atoms with E-state index in [-0.39, 0.29) is 29.8 Å². The van der Waals surface area contributed by atoms with Crippen LogP contribution in [0.5, 0.6) is 0 Å². The van der Waals surface area contributed by atoms with Crippen LogP contribution in [0.1, 0.15) is 43.2 Å². The van der Waals surface area contributed by atoms with Gasteiger partial charge in [-0.15, -0.1) is 0 Å². The summed E-state index contributed by atoms with van der Waals surface area (Å²) < 4.78 is 29.3. The highest BCUT2D eigenvalue weighted by atomic mass is 35.5. The van der Waals surface area contributed by atoms with Crippen molar-refractivity contribution in [2.45, 2.75) is 62.0 Å². The minimum Gasteiger partial charge on any atom is -0.352 e. The molecule has 1 N–H and O–H groups in total. The number of carbonyl (C=O) groups excluding carboxylic acids is 2. The quantitative estimate of drug-likeness (QED) is 0.162. The topological polar surface area (TPSA) is 86.8 Å². The van der Waals surface area contributed by atoms with Gasteiger partial charge in [-0.25, -0.2) is 8.42 Å². The van der Waals surface area contributed by atoms with Crippen LogP contribution >= 0.6 is 34.8 Å². The third-order valence-electron chi connectivity index (χ3n) is 8.28. The minimum absolute atomic E-state index is 0.00236. The molecule has 1 saturated carbocycles. The van der Waals surface area contributed by atoms with Crippen molar-refractivity contribution in [3.8, 4) is 0 Å². The summed E-state index contributed by atoms with van der Waals surface area (Å²) in [5.74, 6) is -0.849. The molecule has 0 bridgehead atoms. The van der Waals surface area contributed by atoms with E-state index in [1.165, 1.54) is 29.2 Å². The third-order valence-corrected chi connectivity index (χ3v) is 11.1. The monoisotopic (exact) mass is 711 g/mol. The van der Waals surface area contributed by atoms with Crippen LogP contribution in [0.15, 0.2) is 108 Å². The number of hydrogen-bond donors (Lipinski definition) is 1. The van der Waals surface area contributed by atoms with Crippen molar-refractivity contribution in [1.82, 2.24) is 10.2 Å². The summed E-state index contributed by atoms with van der Waals surface area (Å²) >= 11 is 18.6. The van der Waals surface area contributed by atoms with Crippen LogP contribution in [-0.2, 0) is 32.6 Å². The fraction of sp³-hybridized carbons (Fsp3) is 0.278. The first-order valence-corrected chi connectivity index (χ1v) is 18.1. The van der Waals surface area contributed by atoms with Gasteiger partial charge >= 0.3 is 0 Å². The average Bonchev–Trinajstić information content (AvgIpc) is 3.08. The molecule has 0 spiro atoms. The van der Waals surface area contributed by atoms with E-state index in [1.54, 1.807) is 48.5 Å². The van der Waals surface area contributed by atoms with Gasteiger partial charge in [0.05, 0.1) is 20.6 Å². The number of amides is 2. The Bertz CT molecular complexity index is 1770. The molecule has 1 atom stereocenters. The Labute approximate surface area is 291 Å². The van der Waals surface area contributed by atoms with Gasteiger partial charge in [0.25, 0.3) is 10.0 Å². The number of halogens is 3. The number of carbonyl (C=O) groups is 2. The predicted octanol–water partition coefficient (Wildman–Crippen LogP) is 7.93. The van der Waals surface area contributed by atoms with Crippen LogP contribution in [0, 0.1) is 0 Å². The molecule has 0 aliphatic heterocycles. The van der Waals surface area contributed by atoms with Gasteiger partial charge in [-0.2, -0.15) is 0 Å². The van der Waals surface area contributed by atoms with E-state index in [4.69, 9.17) is 34.8 Å². The zero-order valence-corrected chi connectivity index (χ0v) is 28.8. The van der Waals surface area contributed by atoms with Gasteiger partial charge in [0.1, 0.15) is 12.6 Å². The van der Waals surface area contributed by atoms with Gasteiger partial charge in [-0.05, 0) is 72.5 Å². The van der Waals surface area contributed by atoms with Gasteiger partial charge in [0.2, 0.25) is 11.8 Å². The number of nitrogens with zero attached hydrogens (tertiary/aromatic N) is 2. The predicted molar refractivity (Wildman–Crippen MR) is 188 cm³/mol. The first-order chi connectivity index (χ1) is 22.6. The molecule has 0 heterocycles. The standard InChI is InChI=1S/C36H36Cl3N3O4S/c37-28-17-19-31(20-18-28)47(45,46)42(30-14-8-3-9-15-30)25-35(43)41(24-27-16-21-32(38)33(39)22-27)34(23-26-10-4-1-5-11-26)36(44)40-29-12-6-2-7-13-29/h1,3-5,8-11,14-22,29,34H,2,6-7,12-13,23-25H2,(H,40,44). The van der Waals surface area contributed by atoms with E-state index in [0.29, 0.717) is 26.3 Å². The normalized spacial score (nSPS) is 14.3. The van der Waals surface area contributed by atoms with Crippen LogP contribution in [0.3, 0.4) is 0 Å². The van der Waals surface area contributed by atoms with E-state index >= 15 is 0 Å². The van der Waals surface area contributed by atoms with E-state index in [1.807, 2.05) is 30.3 Å². The lowest BCUT2D eigenvalue weighted by Gasteiger charge is -2.35. The molecule has 1 aliphatic rings. The Morgan fingerprint density at radius 1 is 0.766 bits per heavy atom. The Morgan fingerprint density at radius 3 is 2.04 bits per heavy atom. The van der Waals surface area contributed by atoms with Gasteiger partial charge in [-0.1, -0.05) is 109 Å². The van der Waals surface area contributed by atoms with Gasteiger partial charge in [-0.3, -0.25) is 13.9 Å². The smallest absolute Gasteiger partial charge is 0.264 e. The molecule has 47 heavy (non-hydrogen) atoms. The summed E-state index contributed by atoms with van der Waals surface area (Å²) in [7, 11) is -4.22. The van der Waals surface area contributed by atoms with Gasteiger partial charge < -0.3 is 10.2 Å². The molecule has 4 aromatic carbocycles. The second-order valence-corrected chi connectivity index (χ2v) is 14.7. The molecular weight excluding hydrogens is 677 g/mol. The zero-order valence-electron chi connectivity index (χ0n) is 25.7. The maximum atomic E-state index is 14.6. The third kappa shape index (κ3) is 9.08. The number of hydrogen-bond acceptors (Lipinski definition) is 4. The van der Waals surface area contributed by atoms with E-state index in [0.717, 1.165) is 42.0 Å². The largest absolute Gasteiger partial charge is 0.352 e. The van der Waals surface area contributed by atoms with Crippen molar-refractivity contribution in [2.75, 3.05) is 10.8 Å². The Morgan fingerprint density at radius 2 is 1.40 bits per heavy atom. The van der Waals surface area contributed by atoms with Crippen LogP contribution in [-0.4, -0.2) is 43.8 Å². The lowest BCUT2D eigenvalue weighted by Crippen LogP contribution is -2.55. The number of sulfonamides is 1. The average molecular weight is 713 g/mol. The van der Waals surface area contributed by atoms with Gasteiger partial charge in [0, 0.05) is 24.0 Å². The highest BCUT2D eigenvalue weighted by molar-refractivity contribution is 7.92. The van der Waals surface area contributed by atoms with Gasteiger partial charge in [0.15, 0.2) is 0 Å². The van der Waals surface area contributed by atoms with Crippen LogP contribution in [0.4, 0.5) is 5.69 Å². The van der Waals surface area contributed by atoms with Crippen LogP contribution in [0.2, 0.25) is 15.1 Å². The Hall–Kier alpha value is -3.56. The molecule has 0 radical (unpaired) electrons. The second kappa shape index (κ2) is 16.0. The molecule has 1 unspecified atom stereocenters. The van der Waals surface area contributed by atoms with E-state index in [9.17, 15) is 18.0 Å². The second-order valence-electron chi connectivity index (χ2n) is 11.6. The molecule has 0 aromatic heterocycles. The van der Waals surface area contributed by atoms with Crippen LogP contribution < -0.4 is 9.62 Å². The molecule has 1 fully saturated rings. The molecule has 1 aliphatic carbocycles. The van der Waals surface area contributed by atoms with E-state index < -0.39 is 28.5 Å². The summed E-state index contributed by atoms with van der Waals surface area (Å²) in [4.78, 5) is 30.2.